The van der Waals surface area contributed by atoms with Crippen LogP contribution in [0.5, 0.6) is 0 Å². The van der Waals surface area contributed by atoms with Gasteiger partial charge in [0.2, 0.25) is 0 Å². The lowest BCUT2D eigenvalue weighted by atomic mass is 10.3. The molecule has 0 unspecified atom stereocenters. The van der Waals surface area contributed by atoms with E-state index < -0.39 is 0 Å². The number of carbonyl (C=O) groups is 1. The molecule has 2 amide bonds. The molecule has 16 heavy (non-hydrogen) atoms. The van der Waals surface area contributed by atoms with E-state index in [2.05, 4.69) is 19.2 Å². The van der Waals surface area contributed by atoms with Crippen LogP contribution in [-0.4, -0.2) is 50.2 Å². The summed E-state index contributed by atoms with van der Waals surface area (Å²) < 4.78 is 0. The molecule has 1 fully saturated rings. The Labute approximate surface area is 99.0 Å². The topological polar surface area (TPSA) is 36.8 Å². The maximum absolute atomic E-state index is 11.7. The summed E-state index contributed by atoms with van der Waals surface area (Å²) in [5.74, 6) is 0. The molecule has 0 aromatic rings. The SMILES string of the molecule is CCCCNC(=O)N1CC[NH+](CCC)CC1. The van der Waals surface area contributed by atoms with E-state index >= 15 is 0 Å². The minimum atomic E-state index is 0.129. The Bertz CT molecular complexity index is 200. The van der Waals surface area contributed by atoms with Gasteiger partial charge in [0.05, 0.1) is 32.7 Å². The van der Waals surface area contributed by atoms with Gasteiger partial charge in [-0.05, 0) is 12.8 Å². The van der Waals surface area contributed by atoms with Crippen LogP contribution in [0.25, 0.3) is 0 Å². The van der Waals surface area contributed by atoms with Crippen LogP contribution in [0.4, 0.5) is 4.79 Å². The highest BCUT2D eigenvalue weighted by atomic mass is 16.2. The molecule has 94 valence electrons. The first-order valence-electron chi connectivity index (χ1n) is 6.64. The average Bonchev–Trinajstić information content (AvgIpc) is 2.30. The first-order valence-corrected chi connectivity index (χ1v) is 6.64. The minimum Gasteiger partial charge on any atom is -0.338 e. The van der Waals surface area contributed by atoms with Crippen LogP contribution in [0.2, 0.25) is 0 Å². The second-order valence-corrected chi connectivity index (χ2v) is 4.57. The van der Waals surface area contributed by atoms with Crippen LogP contribution < -0.4 is 10.2 Å². The quantitative estimate of drug-likeness (QED) is 0.644. The van der Waals surface area contributed by atoms with Gasteiger partial charge in [-0.2, -0.15) is 0 Å². The Balaban J connectivity index is 2.17. The van der Waals surface area contributed by atoms with Crippen molar-refractivity contribution in [3.8, 4) is 0 Å². The summed E-state index contributed by atoms with van der Waals surface area (Å²) in [6, 6.07) is 0.129. The second kappa shape index (κ2) is 7.49. The Morgan fingerprint density at radius 2 is 1.94 bits per heavy atom. The number of nitrogens with zero attached hydrogens (tertiary/aromatic N) is 1. The van der Waals surface area contributed by atoms with Crippen molar-refractivity contribution in [2.24, 2.45) is 0 Å². The summed E-state index contributed by atoms with van der Waals surface area (Å²) in [7, 11) is 0. The number of quaternary nitrogens is 1. The first kappa shape index (κ1) is 13.3. The standard InChI is InChI=1S/C12H25N3O/c1-3-5-6-13-12(16)15-10-8-14(7-4-2)9-11-15/h3-11H2,1-2H3,(H,13,16)/p+1. The normalized spacial score (nSPS) is 17.5. The van der Waals surface area contributed by atoms with Crippen LogP contribution in [-0.2, 0) is 0 Å². The molecule has 1 aliphatic rings. The molecule has 0 aromatic carbocycles. The summed E-state index contributed by atoms with van der Waals surface area (Å²) in [6.07, 6.45) is 3.44. The van der Waals surface area contributed by atoms with Gasteiger partial charge in [0.1, 0.15) is 0 Å². The predicted molar refractivity (Wildman–Crippen MR) is 65.7 cm³/mol. The number of unbranched alkanes of at least 4 members (excludes halogenated alkanes) is 1. The van der Waals surface area contributed by atoms with E-state index in [-0.39, 0.29) is 6.03 Å². The fourth-order valence-corrected chi connectivity index (χ4v) is 2.11. The van der Waals surface area contributed by atoms with Crippen molar-refractivity contribution < 1.29 is 9.69 Å². The third-order valence-corrected chi connectivity index (χ3v) is 3.17. The van der Waals surface area contributed by atoms with E-state index in [0.29, 0.717) is 0 Å². The van der Waals surface area contributed by atoms with Gasteiger partial charge in [0.15, 0.2) is 0 Å². The average molecular weight is 228 g/mol. The molecule has 0 radical (unpaired) electrons. The molecule has 0 aliphatic carbocycles. The molecule has 0 saturated carbocycles. The number of nitrogens with one attached hydrogen (secondary N) is 2. The molecular formula is C12H26N3O+. The van der Waals surface area contributed by atoms with Crippen molar-refractivity contribution in [3.63, 3.8) is 0 Å². The predicted octanol–water partition coefficient (Wildman–Crippen LogP) is 0.107. The smallest absolute Gasteiger partial charge is 0.317 e. The molecule has 0 atom stereocenters. The lowest BCUT2D eigenvalue weighted by Gasteiger charge is -2.32. The van der Waals surface area contributed by atoms with Gasteiger partial charge in [-0.25, -0.2) is 4.79 Å². The van der Waals surface area contributed by atoms with Gasteiger partial charge < -0.3 is 15.1 Å². The van der Waals surface area contributed by atoms with Crippen molar-refractivity contribution >= 4 is 6.03 Å². The first-order chi connectivity index (χ1) is 7.77. The Hall–Kier alpha value is -0.770. The molecular weight excluding hydrogens is 202 g/mol. The van der Waals surface area contributed by atoms with Gasteiger partial charge in [-0.1, -0.05) is 20.3 Å². The van der Waals surface area contributed by atoms with E-state index in [1.165, 1.54) is 13.0 Å². The molecule has 4 heteroatoms. The van der Waals surface area contributed by atoms with Crippen LogP contribution in [0.15, 0.2) is 0 Å². The van der Waals surface area contributed by atoms with Gasteiger partial charge in [-0.15, -0.1) is 0 Å². The number of hydrogen-bond acceptors (Lipinski definition) is 1. The van der Waals surface area contributed by atoms with Crippen molar-refractivity contribution in [1.29, 1.82) is 0 Å². The summed E-state index contributed by atoms with van der Waals surface area (Å²) in [6.45, 7) is 10.4. The van der Waals surface area contributed by atoms with Crippen LogP contribution >= 0.6 is 0 Å². The fourth-order valence-electron chi connectivity index (χ4n) is 2.11. The zero-order valence-electron chi connectivity index (χ0n) is 10.7. The molecule has 0 bridgehead atoms. The molecule has 1 rings (SSSR count). The highest BCUT2D eigenvalue weighted by Crippen LogP contribution is 1.92. The van der Waals surface area contributed by atoms with E-state index in [4.69, 9.17) is 0 Å². The monoisotopic (exact) mass is 228 g/mol. The maximum Gasteiger partial charge on any atom is 0.317 e. The lowest BCUT2D eigenvalue weighted by Crippen LogP contribution is -3.14. The van der Waals surface area contributed by atoms with Crippen LogP contribution in [0.1, 0.15) is 33.1 Å². The van der Waals surface area contributed by atoms with E-state index in [0.717, 1.165) is 45.6 Å². The molecule has 0 aromatic heterocycles. The summed E-state index contributed by atoms with van der Waals surface area (Å²) in [4.78, 5) is 15.3. The second-order valence-electron chi connectivity index (χ2n) is 4.57. The number of rotatable bonds is 5. The lowest BCUT2D eigenvalue weighted by molar-refractivity contribution is -0.904. The Morgan fingerprint density at radius 3 is 2.50 bits per heavy atom. The summed E-state index contributed by atoms with van der Waals surface area (Å²) >= 11 is 0. The summed E-state index contributed by atoms with van der Waals surface area (Å²) in [5.41, 5.74) is 0. The third-order valence-electron chi connectivity index (χ3n) is 3.17. The molecule has 1 heterocycles. The number of hydrogen-bond donors (Lipinski definition) is 2. The largest absolute Gasteiger partial charge is 0.338 e. The highest BCUT2D eigenvalue weighted by molar-refractivity contribution is 5.74. The number of piperazine rings is 1. The zero-order chi connectivity index (χ0) is 11.8. The fraction of sp³-hybridized carbons (Fsp3) is 0.917. The third kappa shape index (κ3) is 4.39. The van der Waals surface area contributed by atoms with Crippen molar-refractivity contribution in [2.45, 2.75) is 33.1 Å². The van der Waals surface area contributed by atoms with Gasteiger partial charge >= 0.3 is 6.03 Å². The minimum absolute atomic E-state index is 0.129. The molecule has 1 saturated heterocycles. The van der Waals surface area contributed by atoms with E-state index in [9.17, 15) is 4.79 Å². The van der Waals surface area contributed by atoms with Gasteiger partial charge in [0.25, 0.3) is 0 Å². The summed E-state index contributed by atoms with van der Waals surface area (Å²) in [5, 5.41) is 2.98. The molecule has 0 spiro atoms. The highest BCUT2D eigenvalue weighted by Gasteiger charge is 2.22. The van der Waals surface area contributed by atoms with Crippen LogP contribution in [0, 0.1) is 0 Å². The molecule has 2 N–H and O–H groups in total. The van der Waals surface area contributed by atoms with Gasteiger partial charge in [-0.3, -0.25) is 0 Å². The molecule has 1 aliphatic heterocycles. The number of urea groups is 1. The number of amides is 2. The van der Waals surface area contributed by atoms with Crippen molar-refractivity contribution in [3.05, 3.63) is 0 Å². The van der Waals surface area contributed by atoms with E-state index in [1.54, 1.807) is 4.90 Å². The van der Waals surface area contributed by atoms with Gasteiger partial charge in [0, 0.05) is 6.54 Å². The Kier molecular flexibility index (Phi) is 6.23. The van der Waals surface area contributed by atoms with Crippen molar-refractivity contribution in [2.75, 3.05) is 39.3 Å². The maximum atomic E-state index is 11.7. The van der Waals surface area contributed by atoms with Crippen LogP contribution in [0.3, 0.4) is 0 Å². The van der Waals surface area contributed by atoms with Crippen molar-refractivity contribution in [1.82, 2.24) is 10.2 Å². The Morgan fingerprint density at radius 1 is 1.25 bits per heavy atom. The molecule has 4 nitrogen and oxygen atoms in total. The number of carbonyl (C=O) groups excluding carboxylic acids is 1. The zero-order valence-corrected chi connectivity index (χ0v) is 10.7. The van der Waals surface area contributed by atoms with E-state index in [1.807, 2.05) is 4.90 Å².